The van der Waals surface area contributed by atoms with Gasteiger partial charge in [0, 0.05) is 44.7 Å². The van der Waals surface area contributed by atoms with E-state index >= 15 is 0 Å². The summed E-state index contributed by atoms with van der Waals surface area (Å²) in [6.45, 7) is 0. The molecule has 0 aromatic carbocycles. The second-order valence-corrected chi connectivity index (χ2v) is 0. The first kappa shape index (κ1) is 99.0. The Morgan fingerprint density at radius 3 is 0.600 bits per heavy atom. The molecule has 0 saturated heterocycles. The molecule has 5 heavy (non-hydrogen) atoms. The molecule has 0 unspecified atom stereocenters. The maximum Gasteiger partial charge on any atom is 0 e. The van der Waals surface area contributed by atoms with Crippen molar-refractivity contribution in [2.45, 2.75) is 0 Å². The van der Waals surface area contributed by atoms with Crippen LogP contribution >= 0.6 is 0 Å². The molecular weight excluding hydrogens is 359 g/mol. The number of rotatable bonds is 0. The van der Waals surface area contributed by atoms with Gasteiger partial charge >= 0.3 is 0 Å². The zero-order chi connectivity index (χ0) is 0. The van der Waals surface area contributed by atoms with Crippen molar-refractivity contribution >= 4 is 23.7 Å². The predicted octanol–water partition coefficient (Wildman–Crippen LogP) is -0.740. The van der Waals surface area contributed by atoms with E-state index in [0.29, 0.717) is 0 Å². The van der Waals surface area contributed by atoms with Gasteiger partial charge in [-0.1, -0.05) is 0 Å². The first-order chi connectivity index (χ1) is 0. The van der Waals surface area contributed by atoms with E-state index in [1.807, 2.05) is 0 Å². The zero-order valence-electron chi connectivity index (χ0n) is 2.04. The number of hydrogen-bond acceptors (Lipinski definition) is 0. The van der Waals surface area contributed by atoms with Crippen LogP contribution in [0.2, 0.25) is 0 Å². The minimum Gasteiger partial charge on any atom is -2.00 e. The summed E-state index contributed by atoms with van der Waals surface area (Å²) in [6.07, 6.45) is 0. The molecular formula is O3TeW-6. The van der Waals surface area contributed by atoms with E-state index in [2.05, 4.69) is 0 Å². The molecule has 0 heterocycles. The van der Waals surface area contributed by atoms with Crippen molar-refractivity contribution < 1.29 is 37.5 Å². The molecule has 0 N–H and O–H groups in total. The van der Waals surface area contributed by atoms with Crippen LogP contribution in [0.5, 0.6) is 0 Å². The first-order valence-electron chi connectivity index (χ1n) is 0. The van der Waals surface area contributed by atoms with Gasteiger partial charge < -0.3 is 16.4 Å². The fraction of sp³-hybridized carbons (Fsp3) is 0. The van der Waals surface area contributed by atoms with Gasteiger partial charge in [0.05, 0.1) is 0 Å². The van der Waals surface area contributed by atoms with Crippen molar-refractivity contribution in [1.82, 2.24) is 0 Å². The van der Waals surface area contributed by atoms with E-state index in [9.17, 15) is 0 Å². The SMILES string of the molecule is [O-2].[O-2].[O-2].[Te].[W]. The molecule has 36 valence electrons. The van der Waals surface area contributed by atoms with Crippen molar-refractivity contribution in [2.24, 2.45) is 0 Å². The van der Waals surface area contributed by atoms with E-state index in [1.165, 1.54) is 0 Å². The van der Waals surface area contributed by atoms with Gasteiger partial charge in [0.15, 0.2) is 0 Å². The molecule has 0 saturated carbocycles. The Kier molecular flexibility index (Phi) is 1090. The molecule has 3 nitrogen and oxygen atoms in total. The van der Waals surface area contributed by atoms with Gasteiger partial charge in [0.1, 0.15) is 0 Å². The van der Waals surface area contributed by atoms with Crippen molar-refractivity contribution in [2.75, 3.05) is 0 Å². The van der Waals surface area contributed by atoms with Crippen LogP contribution in [-0.4, -0.2) is 23.7 Å². The van der Waals surface area contributed by atoms with E-state index in [0.717, 1.165) is 0 Å². The van der Waals surface area contributed by atoms with E-state index in [1.54, 1.807) is 0 Å². The Hall–Kier alpha value is 1.36. The van der Waals surface area contributed by atoms with E-state index in [4.69, 9.17) is 0 Å². The van der Waals surface area contributed by atoms with Crippen LogP contribution in [0.4, 0.5) is 0 Å². The molecule has 0 aliphatic heterocycles. The van der Waals surface area contributed by atoms with Crippen LogP contribution in [0.1, 0.15) is 0 Å². The van der Waals surface area contributed by atoms with Gasteiger partial charge in [-0.15, -0.1) is 0 Å². The molecule has 0 aromatic rings. The molecule has 5 heteroatoms. The normalized spacial score (nSPS) is 0. The molecule has 0 bridgehead atoms. The summed E-state index contributed by atoms with van der Waals surface area (Å²) in [5.41, 5.74) is 0. The topological polar surface area (TPSA) is 85.5 Å². The van der Waals surface area contributed by atoms with E-state index < -0.39 is 0 Å². The third-order valence-electron chi connectivity index (χ3n) is 0. The Labute approximate surface area is 61.0 Å². The fourth-order valence-electron chi connectivity index (χ4n) is 0. The second-order valence-electron chi connectivity index (χ2n) is 0. The minimum absolute atomic E-state index is 0. The van der Waals surface area contributed by atoms with Crippen molar-refractivity contribution in [3.63, 3.8) is 0 Å². The molecule has 0 aromatic heterocycles. The average molecular weight is 359 g/mol. The summed E-state index contributed by atoms with van der Waals surface area (Å²) in [5.74, 6) is 0. The van der Waals surface area contributed by atoms with Crippen LogP contribution in [0, 0.1) is 0 Å². The summed E-state index contributed by atoms with van der Waals surface area (Å²) in [5, 5.41) is 0. The van der Waals surface area contributed by atoms with Crippen molar-refractivity contribution in [1.29, 1.82) is 0 Å². The predicted molar refractivity (Wildman–Crippen MR) is 7.81 cm³/mol. The summed E-state index contributed by atoms with van der Waals surface area (Å²) < 4.78 is 0. The van der Waals surface area contributed by atoms with Crippen molar-refractivity contribution in [3.8, 4) is 0 Å². The van der Waals surface area contributed by atoms with Gasteiger partial charge in [0.2, 0.25) is 0 Å². The minimum atomic E-state index is 0. The smallest absolute Gasteiger partial charge is 0 e. The van der Waals surface area contributed by atoms with Gasteiger partial charge in [-0.3, -0.25) is 0 Å². The molecule has 0 spiro atoms. The van der Waals surface area contributed by atoms with Crippen molar-refractivity contribution in [3.05, 3.63) is 0 Å². The largest absolute Gasteiger partial charge is 2.00 e. The molecule has 2 radical (unpaired) electrons. The standard InChI is InChI=1S/3O.Te.W/q3*-2;;. The molecule has 0 atom stereocenters. The maximum absolute atomic E-state index is 0. The Morgan fingerprint density at radius 2 is 0.600 bits per heavy atom. The zero-order valence-corrected chi connectivity index (χ0v) is 7.31. The van der Waals surface area contributed by atoms with Crippen LogP contribution in [0.15, 0.2) is 0 Å². The molecule has 0 fully saturated rings. The second kappa shape index (κ2) is 55.2. The maximum atomic E-state index is 0. The van der Waals surface area contributed by atoms with Crippen LogP contribution in [0.3, 0.4) is 0 Å². The Bertz CT molecular complexity index is 6.85. The molecule has 0 rings (SSSR count). The third kappa shape index (κ3) is 32.8. The van der Waals surface area contributed by atoms with Gasteiger partial charge in [-0.05, 0) is 0 Å². The molecule has 0 aliphatic carbocycles. The molecule has 0 aliphatic rings. The van der Waals surface area contributed by atoms with E-state index in [-0.39, 0.29) is 61.2 Å². The van der Waals surface area contributed by atoms with Gasteiger partial charge in [-0.25, -0.2) is 0 Å². The summed E-state index contributed by atoms with van der Waals surface area (Å²) in [4.78, 5) is 0. The Morgan fingerprint density at radius 1 is 0.600 bits per heavy atom. The van der Waals surface area contributed by atoms with Gasteiger partial charge in [0.25, 0.3) is 0 Å². The first-order valence-corrected chi connectivity index (χ1v) is 0. The van der Waals surface area contributed by atoms with Crippen LogP contribution in [-0.2, 0) is 37.5 Å². The van der Waals surface area contributed by atoms with Crippen LogP contribution < -0.4 is 0 Å². The summed E-state index contributed by atoms with van der Waals surface area (Å²) in [7, 11) is 0. The third-order valence-corrected chi connectivity index (χ3v) is 0. The molecule has 0 amide bonds. The summed E-state index contributed by atoms with van der Waals surface area (Å²) >= 11 is 0. The summed E-state index contributed by atoms with van der Waals surface area (Å²) in [6, 6.07) is 0. The van der Waals surface area contributed by atoms with Gasteiger partial charge in [-0.2, -0.15) is 0 Å². The van der Waals surface area contributed by atoms with Crippen LogP contribution in [0.25, 0.3) is 0 Å². The quantitative estimate of drug-likeness (QED) is 0.510. The Balaban J connectivity index is 0. The average Bonchev–Trinajstić information content (AvgIpc) is 0. The monoisotopic (exact) mass is 362 g/mol. The number of hydrogen-bond donors (Lipinski definition) is 0. The fourth-order valence-corrected chi connectivity index (χ4v) is 0.